The lowest BCUT2D eigenvalue weighted by Gasteiger charge is -2.19. The van der Waals surface area contributed by atoms with Gasteiger partial charge in [-0.15, -0.1) is 13.2 Å². The first-order valence-electron chi connectivity index (χ1n) is 7.33. The van der Waals surface area contributed by atoms with Gasteiger partial charge in [-0.2, -0.15) is 0 Å². The average Bonchev–Trinajstić information content (AvgIpc) is 2.51. The number of hydrogen-bond acceptors (Lipinski definition) is 3. The summed E-state index contributed by atoms with van der Waals surface area (Å²) in [5.41, 5.74) is 1.84. The fourth-order valence-corrected chi connectivity index (χ4v) is 2.46. The van der Waals surface area contributed by atoms with Crippen LogP contribution >= 0.6 is 0 Å². The minimum Gasteiger partial charge on any atom is -0.493 e. The molecule has 0 bridgehead atoms. The zero-order chi connectivity index (χ0) is 15.7. The minimum absolute atomic E-state index is 0.496. The topological polar surface area (TPSA) is 38.7 Å². The number of methoxy groups -OCH3 is 2. The Morgan fingerprint density at radius 3 is 2.48 bits per heavy atom. The molecule has 116 valence electrons. The minimum atomic E-state index is -0.496. The highest BCUT2D eigenvalue weighted by molar-refractivity contribution is 5.52. The summed E-state index contributed by atoms with van der Waals surface area (Å²) in [6, 6.07) is 3.76. The van der Waals surface area contributed by atoms with E-state index in [9.17, 15) is 5.11 Å². The molecule has 1 unspecified atom stereocenters. The molecule has 0 aliphatic carbocycles. The van der Waals surface area contributed by atoms with Crippen LogP contribution < -0.4 is 9.47 Å². The van der Waals surface area contributed by atoms with Crippen molar-refractivity contribution >= 4 is 0 Å². The molecule has 0 saturated heterocycles. The van der Waals surface area contributed by atoms with E-state index in [4.69, 9.17) is 9.47 Å². The Morgan fingerprint density at radius 1 is 1.14 bits per heavy atom. The van der Waals surface area contributed by atoms with E-state index in [1.807, 2.05) is 24.3 Å². The Morgan fingerprint density at radius 2 is 1.90 bits per heavy atom. The number of aliphatic hydroxyl groups excluding tert-OH is 1. The van der Waals surface area contributed by atoms with E-state index in [2.05, 4.69) is 13.2 Å². The first-order valence-corrected chi connectivity index (χ1v) is 7.33. The Hall–Kier alpha value is -1.74. The molecule has 0 amide bonds. The monoisotopic (exact) mass is 290 g/mol. The molecule has 0 radical (unpaired) electrons. The molecule has 0 saturated carbocycles. The molecule has 1 atom stereocenters. The summed E-state index contributed by atoms with van der Waals surface area (Å²) in [5.74, 6) is 1.36. The summed E-state index contributed by atoms with van der Waals surface area (Å²) in [4.78, 5) is 0. The predicted octanol–water partition coefficient (Wildman–Crippen LogP) is 4.21. The second kappa shape index (κ2) is 9.24. The second-order valence-corrected chi connectivity index (χ2v) is 4.95. The lowest BCUT2D eigenvalue weighted by Crippen LogP contribution is -2.05. The van der Waals surface area contributed by atoms with Crippen LogP contribution in [0.2, 0.25) is 0 Å². The maximum absolute atomic E-state index is 10.5. The van der Waals surface area contributed by atoms with Crippen LogP contribution in [-0.2, 0) is 6.42 Å². The van der Waals surface area contributed by atoms with Crippen molar-refractivity contribution in [3.05, 3.63) is 48.6 Å². The lowest BCUT2D eigenvalue weighted by atomic mass is 9.95. The Balaban J connectivity index is 2.98. The van der Waals surface area contributed by atoms with E-state index >= 15 is 0 Å². The standard InChI is InChI=1S/C18H26O3/c1-5-7-8-9-11-16(19)14-12-13-17(20-3)18(21-4)15(14)10-6-2/h5-6,12-13,16,19H,1-2,7-11H2,3-4H3. The molecule has 1 aromatic rings. The van der Waals surface area contributed by atoms with E-state index in [1.165, 1.54) is 0 Å². The SMILES string of the molecule is C=CCCCCC(O)c1ccc(OC)c(OC)c1CC=C. The Labute approximate surface area is 127 Å². The van der Waals surface area contributed by atoms with Gasteiger partial charge in [-0.1, -0.05) is 24.6 Å². The molecular weight excluding hydrogens is 264 g/mol. The molecule has 3 heteroatoms. The number of allylic oxidation sites excluding steroid dienone is 2. The fraction of sp³-hybridized carbons (Fsp3) is 0.444. The van der Waals surface area contributed by atoms with Crippen molar-refractivity contribution in [2.24, 2.45) is 0 Å². The maximum Gasteiger partial charge on any atom is 0.164 e. The average molecular weight is 290 g/mol. The van der Waals surface area contributed by atoms with Crippen LogP contribution in [0, 0.1) is 0 Å². The van der Waals surface area contributed by atoms with E-state index in [0.717, 1.165) is 36.8 Å². The zero-order valence-corrected chi connectivity index (χ0v) is 13.1. The molecule has 0 aromatic heterocycles. The van der Waals surface area contributed by atoms with Crippen LogP contribution in [0.15, 0.2) is 37.4 Å². The van der Waals surface area contributed by atoms with Gasteiger partial charge in [0.05, 0.1) is 20.3 Å². The largest absolute Gasteiger partial charge is 0.493 e. The van der Waals surface area contributed by atoms with Gasteiger partial charge in [0.25, 0.3) is 0 Å². The quantitative estimate of drug-likeness (QED) is 0.518. The Bertz CT molecular complexity index is 466. The van der Waals surface area contributed by atoms with E-state index in [-0.39, 0.29) is 0 Å². The van der Waals surface area contributed by atoms with Crippen LogP contribution in [0.3, 0.4) is 0 Å². The third-order valence-corrected chi connectivity index (χ3v) is 3.53. The van der Waals surface area contributed by atoms with Crippen molar-refractivity contribution in [2.45, 2.75) is 38.2 Å². The van der Waals surface area contributed by atoms with Gasteiger partial charge in [0, 0.05) is 5.56 Å². The summed E-state index contributed by atoms with van der Waals surface area (Å²) in [6.07, 6.45) is 7.59. The summed E-state index contributed by atoms with van der Waals surface area (Å²) < 4.78 is 10.8. The molecular formula is C18H26O3. The van der Waals surface area contributed by atoms with Gasteiger partial charge in [-0.25, -0.2) is 0 Å². The summed E-state index contributed by atoms with van der Waals surface area (Å²) in [7, 11) is 3.23. The Kier molecular flexibility index (Phi) is 7.62. The third kappa shape index (κ3) is 4.64. The van der Waals surface area contributed by atoms with Gasteiger partial charge in [0.2, 0.25) is 0 Å². The van der Waals surface area contributed by atoms with Crippen molar-refractivity contribution < 1.29 is 14.6 Å². The van der Waals surface area contributed by atoms with E-state index < -0.39 is 6.10 Å². The zero-order valence-electron chi connectivity index (χ0n) is 13.1. The molecule has 21 heavy (non-hydrogen) atoms. The number of aliphatic hydroxyl groups is 1. The summed E-state index contributed by atoms with van der Waals surface area (Å²) >= 11 is 0. The third-order valence-electron chi connectivity index (χ3n) is 3.53. The molecule has 0 aliphatic heterocycles. The van der Waals surface area contributed by atoms with Crippen LogP contribution in [0.1, 0.15) is 42.9 Å². The number of hydrogen-bond donors (Lipinski definition) is 1. The second-order valence-electron chi connectivity index (χ2n) is 4.95. The van der Waals surface area contributed by atoms with Crippen molar-refractivity contribution in [1.29, 1.82) is 0 Å². The predicted molar refractivity (Wildman–Crippen MR) is 87.1 cm³/mol. The molecule has 1 rings (SSSR count). The number of unbranched alkanes of at least 4 members (excludes halogenated alkanes) is 2. The highest BCUT2D eigenvalue weighted by Crippen LogP contribution is 2.37. The van der Waals surface area contributed by atoms with Gasteiger partial charge in [0.15, 0.2) is 11.5 Å². The van der Waals surface area contributed by atoms with Gasteiger partial charge < -0.3 is 14.6 Å². The highest BCUT2D eigenvalue weighted by Gasteiger charge is 2.18. The van der Waals surface area contributed by atoms with Gasteiger partial charge in [0.1, 0.15) is 0 Å². The molecule has 0 spiro atoms. The lowest BCUT2D eigenvalue weighted by molar-refractivity contribution is 0.162. The summed E-state index contributed by atoms with van der Waals surface area (Å²) in [5, 5.41) is 10.5. The van der Waals surface area contributed by atoms with Gasteiger partial charge in [-0.05, 0) is 37.3 Å². The highest BCUT2D eigenvalue weighted by atomic mass is 16.5. The van der Waals surface area contributed by atoms with Crippen molar-refractivity contribution in [3.63, 3.8) is 0 Å². The van der Waals surface area contributed by atoms with Crippen LogP contribution in [-0.4, -0.2) is 19.3 Å². The number of ether oxygens (including phenoxy) is 2. The first kappa shape index (κ1) is 17.3. The normalized spacial score (nSPS) is 11.8. The van der Waals surface area contributed by atoms with Crippen molar-refractivity contribution in [1.82, 2.24) is 0 Å². The molecule has 1 N–H and O–H groups in total. The fourth-order valence-electron chi connectivity index (χ4n) is 2.46. The molecule has 3 nitrogen and oxygen atoms in total. The molecule has 1 aromatic carbocycles. The number of rotatable bonds is 10. The van der Waals surface area contributed by atoms with E-state index in [1.54, 1.807) is 14.2 Å². The van der Waals surface area contributed by atoms with Crippen LogP contribution in [0.4, 0.5) is 0 Å². The van der Waals surface area contributed by atoms with Crippen LogP contribution in [0.5, 0.6) is 11.5 Å². The smallest absolute Gasteiger partial charge is 0.164 e. The summed E-state index contributed by atoms with van der Waals surface area (Å²) in [6.45, 7) is 7.50. The van der Waals surface area contributed by atoms with Crippen LogP contribution in [0.25, 0.3) is 0 Å². The van der Waals surface area contributed by atoms with Gasteiger partial charge >= 0.3 is 0 Å². The molecule has 0 heterocycles. The van der Waals surface area contributed by atoms with Crippen molar-refractivity contribution in [3.8, 4) is 11.5 Å². The van der Waals surface area contributed by atoms with Gasteiger partial charge in [-0.3, -0.25) is 0 Å². The van der Waals surface area contributed by atoms with E-state index in [0.29, 0.717) is 17.9 Å². The van der Waals surface area contributed by atoms with Crippen molar-refractivity contribution in [2.75, 3.05) is 14.2 Å². The number of benzene rings is 1. The first-order chi connectivity index (χ1) is 10.2. The maximum atomic E-state index is 10.5. The molecule has 0 aliphatic rings. The molecule has 0 fully saturated rings.